The van der Waals surface area contributed by atoms with E-state index >= 15 is 0 Å². The van der Waals surface area contributed by atoms with Crippen molar-refractivity contribution in [2.45, 2.75) is 103 Å². The number of fused-ring (bicyclic) bond motifs is 3. The Hall–Kier alpha value is -5.65. The highest BCUT2D eigenvalue weighted by atomic mass is 16.6. The second-order valence-electron chi connectivity index (χ2n) is 18.3. The normalized spacial score (nSPS) is 22.5. The first-order valence-corrected chi connectivity index (χ1v) is 20.7. The zero-order valence-electron chi connectivity index (χ0n) is 34.2. The number of H-pyrrole nitrogens is 2. The van der Waals surface area contributed by atoms with Gasteiger partial charge in [0.1, 0.15) is 23.3 Å². The number of methoxy groups -OCH3 is 1. The van der Waals surface area contributed by atoms with Crippen molar-refractivity contribution in [3.8, 4) is 33.6 Å². The standard InChI is InChI=1S/C46H53N7O5/c1-26(2)38(51-43(55)57-6)42(54)53-34-16-15-33(21-34)39(53)41-48-24-36(50-41)32-14-13-30-19-29(11-12-31(30)20-32)27-7-9-28(10-8-27)35-23-47-40(49-35)37-22-46(17-18-46)25-52(37)44(56)58-45(3,4)5/h7-14,19-20,23-24,26,33-34,37-39H,15-18,21-22,25H2,1-6H3,(H,47,49)(H,48,50)(H,51,55)/t33-,34-,37+,38+,39+/m1/s1. The molecule has 5 aromatic rings. The van der Waals surface area contributed by atoms with Crippen molar-refractivity contribution in [2.24, 2.45) is 17.3 Å². The van der Waals surface area contributed by atoms with Gasteiger partial charge in [-0.15, -0.1) is 0 Å². The smallest absolute Gasteiger partial charge is 0.410 e. The van der Waals surface area contributed by atoms with Gasteiger partial charge in [-0.3, -0.25) is 9.69 Å². The van der Waals surface area contributed by atoms with Gasteiger partial charge in [0.2, 0.25) is 5.91 Å². The van der Waals surface area contributed by atoms with E-state index in [1.807, 2.05) is 56.8 Å². The van der Waals surface area contributed by atoms with Crippen molar-refractivity contribution in [1.29, 1.82) is 0 Å². The summed E-state index contributed by atoms with van der Waals surface area (Å²) < 4.78 is 10.6. The Bertz CT molecular complexity index is 2370. The Morgan fingerprint density at radius 3 is 2.14 bits per heavy atom. The summed E-state index contributed by atoms with van der Waals surface area (Å²) in [4.78, 5) is 59.8. The van der Waals surface area contributed by atoms with Gasteiger partial charge in [0, 0.05) is 18.2 Å². The van der Waals surface area contributed by atoms with E-state index in [4.69, 9.17) is 19.4 Å². The van der Waals surface area contributed by atoms with Crippen LogP contribution in [0.4, 0.5) is 9.59 Å². The minimum atomic E-state index is -0.673. The second kappa shape index (κ2) is 14.3. The number of ether oxygens (including phenoxy) is 2. The number of hydrogen-bond acceptors (Lipinski definition) is 7. The maximum atomic E-state index is 14.0. The minimum absolute atomic E-state index is 0.0825. The molecule has 302 valence electrons. The van der Waals surface area contributed by atoms with Gasteiger partial charge in [-0.1, -0.05) is 62.4 Å². The SMILES string of the molecule is COC(=O)N[C@H](C(=O)N1[C@@H]2CC[C@H](C2)[C@H]1c1ncc(-c2ccc3cc(-c4ccc(-c5cnc([C@@H]6CC7(CC7)CN6C(=O)OC(C)(C)C)[nH]5)cc4)ccc3c2)[nH]1)C(C)C. The topological polar surface area (TPSA) is 146 Å². The molecule has 2 bridgehead atoms. The van der Waals surface area contributed by atoms with Gasteiger partial charge in [0.25, 0.3) is 0 Å². The van der Waals surface area contributed by atoms with E-state index in [2.05, 4.69) is 75.9 Å². The number of alkyl carbamates (subject to hydrolysis) is 1. The fourth-order valence-electron chi connectivity index (χ4n) is 9.59. The quantitative estimate of drug-likeness (QED) is 0.142. The number of piperidine rings is 1. The van der Waals surface area contributed by atoms with Crippen LogP contribution in [0.25, 0.3) is 44.4 Å². The van der Waals surface area contributed by atoms with Gasteiger partial charge in [-0.05, 0) is 116 Å². The van der Waals surface area contributed by atoms with Crippen LogP contribution in [-0.2, 0) is 14.3 Å². The molecule has 3 amide bonds. The van der Waals surface area contributed by atoms with Crippen LogP contribution in [0.15, 0.2) is 73.1 Å². The number of aromatic amines is 2. The van der Waals surface area contributed by atoms with Crippen molar-refractivity contribution in [2.75, 3.05) is 13.7 Å². The van der Waals surface area contributed by atoms with Gasteiger partial charge in [-0.2, -0.15) is 0 Å². The van der Waals surface area contributed by atoms with Gasteiger partial charge in [-0.25, -0.2) is 19.6 Å². The summed E-state index contributed by atoms with van der Waals surface area (Å²) in [6, 6.07) is 20.6. The number of nitrogens with zero attached hydrogens (tertiary/aromatic N) is 4. The maximum absolute atomic E-state index is 14.0. The fraction of sp³-hybridized carbons (Fsp3) is 0.457. The number of benzene rings is 3. The van der Waals surface area contributed by atoms with Gasteiger partial charge < -0.3 is 29.7 Å². The molecule has 2 saturated heterocycles. The van der Waals surface area contributed by atoms with E-state index in [0.717, 1.165) is 101 Å². The Labute approximate surface area is 339 Å². The molecule has 3 N–H and O–H groups in total. The molecule has 4 heterocycles. The monoisotopic (exact) mass is 783 g/mol. The second-order valence-corrected chi connectivity index (χ2v) is 18.3. The van der Waals surface area contributed by atoms with Crippen LogP contribution in [-0.4, -0.2) is 79.2 Å². The summed E-state index contributed by atoms with van der Waals surface area (Å²) in [6.07, 6.45) is 9.01. The summed E-state index contributed by atoms with van der Waals surface area (Å²) in [5, 5.41) is 5.01. The number of imidazole rings is 2. The number of nitrogens with one attached hydrogen (secondary N) is 3. The minimum Gasteiger partial charge on any atom is -0.453 e. The van der Waals surface area contributed by atoms with Gasteiger partial charge in [0.05, 0.1) is 43.0 Å². The number of carbonyl (C=O) groups is 3. The first-order valence-electron chi connectivity index (χ1n) is 20.7. The van der Waals surface area contributed by atoms with Crippen molar-refractivity contribution in [1.82, 2.24) is 35.1 Å². The van der Waals surface area contributed by atoms with Crippen molar-refractivity contribution in [3.63, 3.8) is 0 Å². The fourth-order valence-corrected chi connectivity index (χ4v) is 9.59. The molecule has 2 aliphatic carbocycles. The molecule has 12 nitrogen and oxygen atoms in total. The molecule has 0 unspecified atom stereocenters. The van der Waals surface area contributed by atoms with E-state index in [1.54, 1.807) is 0 Å². The Kier molecular flexibility index (Phi) is 9.36. The molecule has 1 spiro atoms. The van der Waals surface area contributed by atoms with Crippen LogP contribution in [0.3, 0.4) is 0 Å². The van der Waals surface area contributed by atoms with Crippen LogP contribution in [0, 0.1) is 17.3 Å². The van der Waals surface area contributed by atoms with E-state index in [-0.39, 0.29) is 41.5 Å². The number of hydrogen-bond donors (Lipinski definition) is 3. The lowest BCUT2D eigenvalue weighted by Crippen LogP contribution is -2.54. The first-order chi connectivity index (χ1) is 27.8. The highest BCUT2D eigenvalue weighted by Crippen LogP contribution is 2.58. The van der Waals surface area contributed by atoms with Gasteiger partial charge >= 0.3 is 12.2 Å². The lowest BCUT2D eigenvalue weighted by atomic mass is 9.95. The van der Waals surface area contributed by atoms with Crippen LogP contribution < -0.4 is 5.32 Å². The third-order valence-corrected chi connectivity index (χ3v) is 12.8. The lowest BCUT2D eigenvalue weighted by Gasteiger charge is -2.37. The summed E-state index contributed by atoms with van der Waals surface area (Å²) in [5.41, 5.74) is 5.76. The Balaban J connectivity index is 0.898. The molecular weight excluding hydrogens is 731 g/mol. The summed E-state index contributed by atoms with van der Waals surface area (Å²) in [6.45, 7) is 10.3. The lowest BCUT2D eigenvalue weighted by molar-refractivity contribution is -0.139. The number of rotatable bonds is 8. The molecule has 9 rings (SSSR count). The summed E-state index contributed by atoms with van der Waals surface area (Å²) in [7, 11) is 1.31. The molecule has 58 heavy (non-hydrogen) atoms. The molecular formula is C46H53N7O5. The number of carbonyl (C=O) groups excluding carboxylic acids is 3. The van der Waals surface area contributed by atoms with Crippen molar-refractivity contribution in [3.05, 3.63) is 84.7 Å². The molecule has 4 aliphatic rings. The maximum Gasteiger partial charge on any atom is 0.410 e. The van der Waals surface area contributed by atoms with Crippen LogP contribution in [0.5, 0.6) is 0 Å². The number of aromatic nitrogens is 4. The van der Waals surface area contributed by atoms with E-state index < -0.39 is 17.7 Å². The predicted molar refractivity (Wildman–Crippen MR) is 221 cm³/mol. The Morgan fingerprint density at radius 2 is 1.47 bits per heavy atom. The highest BCUT2D eigenvalue weighted by Gasteiger charge is 2.55. The number of amides is 3. The van der Waals surface area contributed by atoms with Crippen LogP contribution >= 0.6 is 0 Å². The van der Waals surface area contributed by atoms with Crippen LogP contribution in [0.2, 0.25) is 0 Å². The van der Waals surface area contributed by atoms with E-state index in [0.29, 0.717) is 5.92 Å². The molecule has 0 radical (unpaired) electrons. The molecule has 4 fully saturated rings. The molecule has 2 saturated carbocycles. The third kappa shape index (κ3) is 7.11. The highest BCUT2D eigenvalue weighted by molar-refractivity contribution is 5.91. The molecule has 2 aliphatic heterocycles. The van der Waals surface area contributed by atoms with Crippen LogP contribution in [0.1, 0.15) is 96.9 Å². The molecule has 2 aromatic heterocycles. The average molecular weight is 784 g/mol. The largest absolute Gasteiger partial charge is 0.453 e. The van der Waals surface area contributed by atoms with E-state index in [9.17, 15) is 14.4 Å². The molecule has 5 atom stereocenters. The average Bonchev–Trinajstić information content (AvgIpc) is 3.83. The Morgan fingerprint density at radius 1 is 0.845 bits per heavy atom. The third-order valence-electron chi connectivity index (χ3n) is 12.8. The van der Waals surface area contributed by atoms with Crippen molar-refractivity contribution >= 4 is 28.9 Å². The zero-order valence-corrected chi connectivity index (χ0v) is 34.2. The van der Waals surface area contributed by atoms with Gasteiger partial charge in [0.15, 0.2) is 0 Å². The molecule has 3 aromatic carbocycles. The first kappa shape index (κ1) is 37.9. The van der Waals surface area contributed by atoms with E-state index in [1.165, 1.54) is 7.11 Å². The number of likely N-dealkylation sites (tertiary alicyclic amines) is 2. The summed E-state index contributed by atoms with van der Waals surface area (Å²) >= 11 is 0. The predicted octanol–water partition coefficient (Wildman–Crippen LogP) is 9.18. The zero-order chi connectivity index (χ0) is 40.5. The van der Waals surface area contributed by atoms with Crippen molar-refractivity contribution < 1.29 is 23.9 Å². The molecule has 12 heteroatoms. The summed E-state index contributed by atoms with van der Waals surface area (Å²) in [5.74, 6) is 1.74.